The zero-order valence-electron chi connectivity index (χ0n) is 77.4. The summed E-state index contributed by atoms with van der Waals surface area (Å²) in [4.78, 5) is 49.5. The molecule has 7 aromatic carbocycles. The topological polar surface area (TPSA) is 346 Å². The third-order valence-electron chi connectivity index (χ3n) is 22.5. The number of hydrogen-bond acceptors (Lipinski definition) is 27. The van der Waals surface area contributed by atoms with Gasteiger partial charge in [0.25, 0.3) is 35.3 Å². The lowest BCUT2D eigenvalue weighted by Crippen LogP contribution is -2.18. The minimum absolute atomic E-state index is 0.431. The van der Waals surface area contributed by atoms with Gasteiger partial charge >= 0.3 is 0 Å². The third-order valence-corrected chi connectivity index (χ3v) is 22.5. The van der Waals surface area contributed by atoms with Crippen molar-refractivity contribution in [3.8, 4) is 149 Å². The minimum Gasteiger partial charge on any atom is -0.490 e. The summed E-state index contributed by atoms with van der Waals surface area (Å²) in [6, 6.07) is 61.8. The summed E-state index contributed by atoms with van der Waals surface area (Å²) in [7, 11) is 0. The van der Waals surface area contributed by atoms with E-state index in [1.165, 1.54) is 120 Å². The van der Waals surface area contributed by atoms with Crippen molar-refractivity contribution in [1.29, 1.82) is 0 Å². The highest BCUT2D eigenvalue weighted by Gasteiger charge is 2.21. The maximum Gasteiger partial charge on any atom is 0.258 e. The molecular weight excluding hydrogens is 1670 g/mol. The summed E-state index contributed by atoms with van der Waals surface area (Å²) in [5.74, 6) is 8.35. The second kappa shape index (κ2) is 46.1. The highest BCUT2D eigenvalue weighted by molar-refractivity contribution is 5.68. The molecule has 0 aliphatic carbocycles. The Balaban J connectivity index is 0.000000129. The fraction of sp³-hybridized carbons (Fsp3) is 0.255. The Kier molecular flexibility index (Phi) is 32.5. The predicted octanol–water partition coefficient (Wildman–Crippen LogP) is 24.4. The molecule has 27 nitrogen and oxygen atoms in total. The molecular formula is C106H109N19O8. The Bertz CT molecular complexity index is 6650. The molecule has 12 heterocycles. The van der Waals surface area contributed by atoms with E-state index in [0.29, 0.717) is 101 Å². The summed E-state index contributed by atoms with van der Waals surface area (Å²) in [6.45, 7) is 31.2. The maximum atomic E-state index is 5.70. The zero-order valence-corrected chi connectivity index (χ0v) is 77.4. The first-order chi connectivity index (χ1) is 64.8. The molecule has 676 valence electrons. The number of nitrogens with two attached hydrogens (primary N) is 1. The van der Waals surface area contributed by atoms with Crippen molar-refractivity contribution in [3.63, 3.8) is 0 Å². The van der Waals surface area contributed by atoms with Crippen LogP contribution in [0.4, 0.5) is 5.82 Å². The molecule has 0 amide bonds. The quantitative estimate of drug-likeness (QED) is 0.0519. The van der Waals surface area contributed by atoms with Gasteiger partial charge < -0.3 is 42.3 Å². The fourth-order valence-electron chi connectivity index (χ4n) is 14.3. The standard InChI is InChI=1S/C23H27N3O3.C21H25N3O.2C16H15N3O.C15H14N4O.C15H13N3O/c1-3-27-20-11-10-19(15-21(20)28-4-2)23-24-22(25-29-23)18-9-7-8-17(14-18)16-26-12-5-6-13-26;1-2-3-4-5-6-7-8-17-9-11-19(12-10-17)21-23-20(24-25-21)18-13-15-22-16-14-18;1-10-6-14(9-17-8-10)15-18-16(20-19-15)13-5-4-11(2)12(3)7-13;1-10-4-5-13(8-11(10)2)16-18-15(19-20-16)14-6-7-17-9-12(14)3;1-9-3-4-12(7-10(9)2)15-18-14(19-20-15)11-5-6-17-13(16)8-11;1-10-5-6-12(8-11(10)2)15-17-14(18-19-15)13-4-3-7-16-9-13/h7-11,14-15H,3-6,12-13,16H2,1-2H3;9-16H,2-8H2,1H3;2*4-9H,1-3H3;3-8H,1-2H3,(H2,16,17);3-9H,1-2H3. The van der Waals surface area contributed by atoms with E-state index in [1.807, 2.05) is 125 Å². The van der Waals surface area contributed by atoms with Crippen molar-refractivity contribution in [2.45, 2.75) is 154 Å². The largest absolute Gasteiger partial charge is 0.490 e. The van der Waals surface area contributed by atoms with Crippen molar-refractivity contribution >= 4 is 5.82 Å². The molecule has 0 atom stereocenters. The van der Waals surface area contributed by atoms with Crippen LogP contribution in [0.3, 0.4) is 0 Å². The molecule has 2 N–H and O–H groups in total. The molecule has 1 saturated heterocycles. The molecule has 0 spiro atoms. The number of hydrogen-bond donors (Lipinski definition) is 1. The average molecular weight is 1780 g/mol. The molecule has 0 bridgehead atoms. The first-order valence-corrected chi connectivity index (χ1v) is 44.8. The van der Waals surface area contributed by atoms with Crippen LogP contribution in [-0.4, -0.2) is 117 Å². The zero-order chi connectivity index (χ0) is 93.0. The van der Waals surface area contributed by atoms with Gasteiger partial charge in [-0.3, -0.25) is 24.8 Å². The van der Waals surface area contributed by atoms with Crippen LogP contribution in [0.25, 0.3) is 137 Å². The van der Waals surface area contributed by atoms with E-state index in [-0.39, 0.29) is 0 Å². The van der Waals surface area contributed by atoms with Crippen LogP contribution in [0.15, 0.2) is 271 Å². The number of ether oxygens (including phenoxy) is 2. The molecule has 19 rings (SSSR count). The SMILES string of the molecule is CCCCCCCCc1ccc(-c2nc(-c3ccncc3)no2)cc1.CCOc1ccc(-c2nc(-c3cccc(CN4CCCC4)c3)no2)cc1OCC.Cc1ccc(-c2nc(-c3cccnc3)no2)cc1C.Cc1ccc(-c2nc(-c3ccnc(N)c3)no2)cc1C.Cc1ccc(-c2nc(-c3ccncc3C)no2)cc1C.Cc1cncc(-c2noc(-c3ccc(C)c(C)c3)n2)c1. The van der Waals surface area contributed by atoms with Crippen LogP contribution in [0.1, 0.15) is 139 Å². The van der Waals surface area contributed by atoms with E-state index in [0.717, 1.165) is 90.9 Å². The minimum atomic E-state index is 0.431. The van der Waals surface area contributed by atoms with Gasteiger partial charge in [-0.15, -0.1) is 0 Å². The van der Waals surface area contributed by atoms with Gasteiger partial charge in [-0.25, -0.2) is 4.98 Å². The molecule has 1 aliphatic heterocycles. The van der Waals surface area contributed by atoms with Gasteiger partial charge in [0.2, 0.25) is 34.9 Å². The van der Waals surface area contributed by atoms with E-state index < -0.39 is 0 Å². The van der Waals surface area contributed by atoms with Gasteiger partial charge in [0.15, 0.2) is 11.5 Å². The number of nitrogens with zero attached hydrogens (tertiary/aromatic N) is 18. The number of pyridine rings is 5. The van der Waals surface area contributed by atoms with Gasteiger partial charge in [0.1, 0.15) is 5.82 Å². The maximum absolute atomic E-state index is 5.70. The molecule has 1 aliphatic rings. The van der Waals surface area contributed by atoms with Crippen LogP contribution in [0.5, 0.6) is 11.5 Å². The Hall–Kier alpha value is -15.5. The molecule has 27 heteroatoms. The van der Waals surface area contributed by atoms with E-state index >= 15 is 0 Å². The Morgan fingerprint density at radius 3 is 1.26 bits per heavy atom. The molecule has 18 aromatic rings. The van der Waals surface area contributed by atoms with Gasteiger partial charge in [0, 0.05) is 129 Å². The summed E-state index contributed by atoms with van der Waals surface area (Å²) in [6.07, 6.45) is 27.3. The molecule has 0 radical (unpaired) electrons. The summed E-state index contributed by atoms with van der Waals surface area (Å²) in [5.41, 5.74) is 31.0. The normalized spacial score (nSPS) is 11.5. The van der Waals surface area contributed by atoms with E-state index in [1.54, 1.807) is 67.9 Å². The predicted molar refractivity (Wildman–Crippen MR) is 516 cm³/mol. The highest BCUT2D eigenvalue weighted by Crippen LogP contribution is 2.36. The number of benzene rings is 7. The Morgan fingerprint density at radius 1 is 0.308 bits per heavy atom. The van der Waals surface area contributed by atoms with Crippen LogP contribution in [0.2, 0.25) is 0 Å². The Labute approximate surface area is 774 Å². The summed E-state index contributed by atoms with van der Waals surface area (Å²) in [5, 5.41) is 24.3. The van der Waals surface area contributed by atoms with Crippen LogP contribution in [-0.2, 0) is 13.0 Å². The lowest BCUT2D eigenvalue weighted by Gasteiger charge is -2.14. The van der Waals surface area contributed by atoms with E-state index in [4.69, 9.17) is 42.3 Å². The number of rotatable bonds is 25. The number of nitrogen functional groups attached to an aromatic ring is 1. The average Bonchev–Trinajstić information content (AvgIpc) is 1.63. The number of likely N-dealkylation sites (tertiary alicyclic amines) is 1. The molecule has 0 saturated carbocycles. The van der Waals surface area contributed by atoms with E-state index in [2.05, 4.69) is 232 Å². The fourth-order valence-corrected chi connectivity index (χ4v) is 14.3. The van der Waals surface area contributed by atoms with Crippen LogP contribution in [0, 0.1) is 69.2 Å². The van der Waals surface area contributed by atoms with Crippen LogP contribution < -0.4 is 15.2 Å². The summed E-state index contributed by atoms with van der Waals surface area (Å²) >= 11 is 0. The smallest absolute Gasteiger partial charge is 0.258 e. The van der Waals surface area contributed by atoms with Crippen molar-refractivity contribution in [1.82, 2.24) is 90.7 Å². The number of anilines is 1. The Morgan fingerprint density at radius 2 is 0.744 bits per heavy atom. The number of aryl methyl sites for hydroxylation is 11. The van der Waals surface area contributed by atoms with E-state index in [9.17, 15) is 0 Å². The van der Waals surface area contributed by atoms with Crippen molar-refractivity contribution < 1.29 is 36.6 Å². The third kappa shape index (κ3) is 25.8. The monoisotopic (exact) mass is 1780 g/mol. The van der Waals surface area contributed by atoms with Crippen molar-refractivity contribution in [3.05, 3.63) is 311 Å². The highest BCUT2D eigenvalue weighted by atomic mass is 16.5. The summed E-state index contributed by atoms with van der Waals surface area (Å²) < 4.78 is 43.6. The van der Waals surface area contributed by atoms with Crippen LogP contribution >= 0.6 is 0 Å². The molecule has 1 fully saturated rings. The van der Waals surface area contributed by atoms with Crippen molar-refractivity contribution in [2.75, 3.05) is 32.0 Å². The molecule has 0 unspecified atom stereocenters. The first-order valence-electron chi connectivity index (χ1n) is 44.8. The molecule has 133 heavy (non-hydrogen) atoms. The van der Waals surface area contributed by atoms with Crippen molar-refractivity contribution in [2.24, 2.45) is 0 Å². The van der Waals surface area contributed by atoms with Gasteiger partial charge in [0.05, 0.1) is 13.2 Å². The number of unbranched alkanes of at least 4 members (excludes halogenated alkanes) is 5. The van der Waals surface area contributed by atoms with Gasteiger partial charge in [-0.05, 0) is 322 Å². The first kappa shape index (κ1) is 93.6. The lowest BCUT2D eigenvalue weighted by atomic mass is 10.0. The molecule has 11 aromatic heterocycles. The van der Waals surface area contributed by atoms with Gasteiger partial charge in [-0.2, -0.15) is 29.9 Å². The van der Waals surface area contributed by atoms with Gasteiger partial charge in [-0.1, -0.05) is 125 Å². The number of aromatic nitrogens is 17. The lowest BCUT2D eigenvalue weighted by molar-refractivity contribution is 0.288. The second-order valence-electron chi connectivity index (χ2n) is 32.5. The second-order valence-corrected chi connectivity index (χ2v) is 32.5.